The zero-order valence-corrected chi connectivity index (χ0v) is 18.6. The lowest BCUT2D eigenvalue weighted by Gasteiger charge is -2.22. The van der Waals surface area contributed by atoms with Crippen molar-refractivity contribution >= 4 is 22.1 Å². The third-order valence-corrected chi connectivity index (χ3v) is 6.53. The van der Waals surface area contributed by atoms with Crippen molar-refractivity contribution in [1.82, 2.24) is 9.73 Å². The summed E-state index contributed by atoms with van der Waals surface area (Å²) in [6.45, 7) is 2.97. The van der Waals surface area contributed by atoms with Crippen LogP contribution >= 0.6 is 0 Å². The van der Waals surface area contributed by atoms with Gasteiger partial charge in [-0.2, -0.15) is 9.41 Å². The van der Waals surface area contributed by atoms with E-state index in [0.717, 1.165) is 21.0 Å². The summed E-state index contributed by atoms with van der Waals surface area (Å²) in [5, 5.41) is 3.91. The molecule has 6 nitrogen and oxygen atoms in total. The van der Waals surface area contributed by atoms with Crippen LogP contribution in [0, 0.1) is 19.7 Å². The maximum absolute atomic E-state index is 14.2. The van der Waals surface area contributed by atoms with E-state index >= 15 is 0 Å². The number of sulfonamides is 1. The SMILES string of the molecule is Cc1ccc(S(=O)(=O)N(CC(=O)NN=Cc2cccc(C)c2)Cc2ccccc2F)cc1. The predicted molar refractivity (Wildman–Crippen MR) is 122 cm³/mol. The molecule has 8 heteroatoms. The molecular formula is C24H24FN3O3S. The first-order chi connectivity index (χ1) is 15.3. The van der Waals surface area contributed by atoms with Crippen molar-refractivity contribution in [2.45, 2.75) is 25.3 Å². The highest BCUT2D eigenvalue weighted by Crippen LogP contribution is 2.20. The molecular weight excluding hydrogens is 429 g/mol. The molecule has 1 N–H and O–H groups in total. The summed E-state index contributed by atoms with van der Waals surface area (Å²) < 4.78 is 41.6. The van der Waals surface area contributed by atoms with Crippen LogP contribution in [0.1, 0.15) is 22.3 Å². The highest BCUT2D eigenvalue weighted by atomic mass is 32.2. The summed E-state index contributed by atoms with van der Waals surface area (Å²) in [4.78, 5) is 12.5. The van der Waals surface area contributed by atoms with Gasteiger partial charge in [-0.15, -0.1) is 0 Å². The molecule has 0 saturated heterocycles. The molecule has 3 aromatic rings. The third-order valence-electron chi connectivity index (χ3n) is 4.73. The Hall–Kier alpha value is -3.36. The zero-order chi connectivity index (χ0) is 23.1. The molecule has 32 heavy (non-hydrogen) atoms. The Bertz CT molecular complexity index is 1230. The van der Waals surface area contributed by atoms with Crippen molar-refractivity contribution in [3.05, 3.63) is 101 Å². The van der Waals surface area contributed by atoms with Crippen molar-refractivity contribution in [1.29, 1.82) is 0 Å². The van der Waals surface area contributed by atoms with Crippen LogP contribution in [0.5, 0.6) is 0 Å². The molecule has 0 unspecified atom stereocenters. The molecule has 0 spiro atoms. The minimum Gasteiger partial charge on any atom is -0.272 e. The number of carbonyl (C=O) groups excluding carboxylic acids is 1. The Kier molecular flexibility index (Phi) is 7.50. The van der Waals surface area contributed by atoms with Crippen LogP contribution in [-0.4, -0.2) is 31.4 Å². The topological polar surface area (TPSA) is 78.8 Å². The number of carbonyl (C=O) groups is 1. The molecule has 0 aliphatic carbocycles. The number of aryl methyl sites for hydroxylation is 2. The van der Waals surface area contributed by atoms with Gasteiger partial charge in [0, 0.05) is 12.1 Å². The van der Waals surface area contributed by atoms with Crippen molar-refractivity contribution in [2.24, 2.45) is 5.10 Å². The average molecular weight is 454 g/mol. The number of nitrogens with one attached hydrogen (secondary N) is 1. The van der Waals surface area contributed by atoms with E-state index < -0.39 is 28.3 Å². The second-order valence-corrected chi connectivity index (χ2v) is 9.32. The Labute approximate surface area is 187 Å². The van der Waals surface area contributed by atoms with Gasteiger partial charge in [-0.3, -0.25) is 4.79 Å². The molecule has 0 atom stereocenters. The number of hydrazone groups is 1. The van der Waals surface area contributed by atoms with E-state index in [0.29, 0.717) is 0 Å². The fraction of sp³-hybridized carbons (Fsp3) is 0.167. The number of hydrogen-bond donors (Lipinski definition) is 1. The molecule has 0 aromatic heterocycles. The molecule has 166 valence electrons. The largest absolute Gasteiger partial charge is 0.272 e. The van der Waals surface area contributed by atoms with E-state index in [1.54, 1.807) is 18.2 Å². The summed E-state index contributed by atoms with van der Waals surface area (Å²) in [5.74, 6) is -1.18. The molecule has 0 aliphatic rings. The highest BCUT2D eigenvalue weighted by molar-refractivity contribution is 7.89. The van der Waals surface area contributed by atoms with Crippen molar-refractivity contribution in [3.8, 4) is 0 Å². The minimum absolute atomic E-state index is 0.0236. The van der Waals surface area contributed by atoms with E-state index in [1.165, 1.54) is 36.5 Å². The van der Waals surface area contributed by atoms with Gasteiger partial charge in [0.25, 0.3) is 5.91 Å². The van der Waals surface area contributed by atoms with E-state index in [9.17, 15) is 17.6 Å². The third kappa shape index (κ3) is 6.09. The lowest BCUT2D eigenvalue weighted by atomic mass is 10.2. The molecule has 0 fully saturated rings. The van der Waals surface area contributed by atoms with Crippen LogP contribution < -0.4 is 5.43 Å². The standard InChI is InChI=1S/C24H24FN3O3S/c1-18-10-12-22(13-11-18)32(30,31)28(16-21-8-3-4-9-23(21)25)17-24(29)27-26-15-20-7-5-6-19(2)14-20/h3-15H,16-17H2,1-2H3,(H,27,29). The van der Waals surface area contributed by atoms with Crippen LogP contribution in [0.15, 0.2) is 82.8 Å². The first kappa shape index (κ1) is 23.3. The molecule has 1 amide bonds. The van der Waals surface area contributed by atoms with Gasteiger partial charge >= 0.3 is 0 Å². The molecule has 0 radical (unpaired) electrons. The molecule has 3 rings (SSSR count). The van der Waals surface area contributed by atoms with Crippen LogP contribution in [0.3, 0.4) is 0 Å². The second kappa shape index (κ2) is 10.3. The Morgan fingerprint density at radius 3 is 2.41 bits per heavy atom. The fourth-order valence-electron chi connectivity index (χ4n) is 3.03. The van der Waals surface area contributed by atoms with E-state index in [2.05, 4.69) is 10.5 Å². The number of amides is 1. The first-order valence-corrected chi connectivity index (χ1v) is 11.4. The minimum atomic E-state index is -4.06. The maximum Gasteiger partial charge on any atom is 0.255 e. The summed E-state index contributed by atoms with van der Waals surface area (Å²) in [5.41, 5.74) is 5.24. The van der Waals surface area contributed by atoms with Crippen LogP contribution in [0.4, 0.5) is 4.39 Å². The summed E-state index contributed by atoms with van der Waals surface area (Å²) in [6, 6.07) is 19.7. The second-order valence-electron chi connectivity index (χ2n) is 7.38. The van der Waals surface area contributed by atoms with Gasteiger partial charge < -0.3 is 0 Å². The van der Waals surface area contributed by atoms with E-state index in [-0.39, 0.29) is 17.0 Å². The Balaban J connectivity index is 1.81. The van der Waals surface area contributed by atoms with Crippen LogP contribution in [0.25, 0.3) is 0 Å². The van der Waals surface area contributed by atoms with E-state index in [4.69, 9.17) is 0 Å². The number of halogens is 1. The van der Waals surface area contributed by atoms with Crippen LogP contribution in [-0.2, 0) is 21.4 Å². The monoisotopic (exact) mass is 453 g/mol. The number of nitrogens with zero attached hydrogens (tertiary/aromatic N) is 2. The number of rotatable bonds is 8. The molecule has 3 aromatic carbocycles. The fourth-order valence-corrected chi connectivity index (χ4v) is 4.40. The maximum atomic E-state index is 14.2. The zero-order valence-electron chi connectivity index (χ0n) is 17.8. The average Bonchev–Trinajstić information content (AvgIpc) is 2.75. The van der Waals surface area contributed by atoms with Gasteiger partial charge in [-0.25, -0.2) is 18.2 Å². The lowest BCUT2D eigenvalue weighted by Crippen LogP contribution is -2.39. The summed E-state index contributed by atoms with van der Waals surface area (Å²) in [7, 11) is -4.06. The Morgan fingerprint density at radius 2 is 1.72 bits per heavy atom. The predicted octanol–water partition coefficient (Wildman–Crippen LogP) is 3.78. The quantitative estimate of drug-likeness (QED) is 0.416. The molecule has 0 saturated carbocycles. The number of hydrogen-bond acceptors (Lipinski definition) is 4. The lowest BCUT2D eigenvalue weighted by molar-refractivity contribution is -0.121. The van der Waals surface area contributed by atoms with Gasteiger partial charge in [0.15, 0.2) is 0 Å². The van der Waals surface area contributed by atoms with Crippen molar-refractivity contribution in [3.63, 3.8) is 0 Å². The van der Waals surface area contributed by atoms with Gasteiger partial charge in [-0.1, -0.05) is 65.7 Å². The van der Waals surface area contributed by atoms with Gasteiger partial charge in [0.1, 0.15) is 5.82 Å². The molecule has 0 heterocycles. The van der Waals surface area contributed by atoms with Crippen molar-refractivity contribution in [2.75, 3.05) is 6.54 Å². The number of benzene rings is 3. The molecule has 0 aliphatic heterocycles. The summed E-state index contributed by atoms with van der Waals surface area (Å²) in [6.07, 6.45) is 1.47. The van der Waals surface area contributed by atoms with Gasteiger partial charge in [-0.05, 0) is 37.6 Å². The van der Waals surface area contributed by atoms with Crippen LogP contribution in [0.2, 0.25) is 0 Å². The van der Waals surface area contributed by atoms with Crippen molar-refractivity contribution < 1.29 is 17.6 Å². The van der Waals surface area contributed by atoms with Gasteiger partial charge in [0.05, 0.1) is 17.7 Å². The van der Waals surface area contributed by atoms with E-state index in [1.807, 2.05) is 38.1 Å². The first-order valence-electron chi connectivity index (χ1n) is 9.94. The smallest absolute Gasteiger partial charge is 0.255 e. The normalized spacial score (nSPS) is 11.8. The summed E-state index contributed by atoms with van der Waals surface area (Å²) >= 11 is 0. The highest BCUT2D eigenvalue weighted by Gasteiger charge is 2.27. The van der Waals surface area contributed by atoms with Gasteiger partial charge in [0.2, 0.25) is 10.0 Å². The Morgan fingerprint density at radius 1 is 1.00 bits per heavy atom. The molecule has 0 bridgehead atoms.